The number of hydrogen-bond donors (Lipinski definition) is 1. The Morgan fingerprint density at radius 1 is 1.00 bits per heavy atom. The van der Waals surface area contributed by atoms with Crippen molar-refractivity contribution in [3.05, 3.63) is 0 Å². The van der Waals surface area contributed by atoms with Gasteiger partial charge in [-0.2, -0.15) is 0 Å². The zero-order valence-electron chi connectivity index (χ0n) is 11.6. The highest BCUT2D eigenvalue weighted by atomic mass is 15.4. The van der Waals surface area contributed by atoms with E-state index in [0.717, 1.165) is 24.3 Å². The minimum atomic E-state index is 0.629. The van der Waals surface area contributed by atoms with E-state index in [1.54, 1.807) is 19.3 Å². The van der Waals surface area contributed by atoms with Crippen LogP contribution in [0.3, 0.4) is 0 Å². The Morgan fingerprint density at radius 2 is 1.47 bits per heavy atom. The van der Waals surface area contributed by atoms with Crippen LogP contribution in [0.2, 0.25) is 0 Å². The van der Waals surface area contributed by atoms with E-state index in [9.17, 15) is 0 Å². The van der Waals surface area contributed by atoms with E-state index >= 15 is 0 Å². The maximum Gasteiger partial charge on any atom is 0.0996 e. The molecule has 4 bridgehead atoms. The molecule has 2 N–H and O–H groups in total. The molecule has 17 heavy (non-hydrogen) atoms. The zero-order chi connectivity index (χ0) is 12.1. The summed E-state index contributed by atoms with van der Waals surface area (Å²) in [5.41, 5.74) is 6.35. The summed E-state index contributed by atoms with van der Waals surface area (Å²) >= 11 is 0. The van der Waals surface area contributed by atoms with Gasteiger partial charge in [-0.05, 0) is 43.6 Å². The van der Waals surface area contributed by atoms with Crippen LogP contribution in [0.4, 0.5) is 0 Å². The molecule has 2 nitrogen and oxygen atoms in total. The molecule has 0 saturated heterocycles. The molecule has 4 fully saturated rings. The Labute approximate surface area is 106 Å². The number of nitrogens with two attached hydrogens (primary N) is 1. The molecule has 0 aromatic heterocycles. The molecule has 0 atom stereocenters. The first-order valence-electron chi connectivity index (χ1n) is 7.58. The largest absolute Gasteiger partial charge is 0.330 e. The zero-order valence-corrected chi connectivity index (χ0v) is 11.6. The van der Waals surface area contributed by atoms with E-state index in [1.807, 2.05) is 0 Å². The number of hydrogen-bond acceptors (Lipinski definition) is 1. The van der Waals surface area contributed by atoms with Gasteiger partial charge >= 0.3 is 0 Å². The van der Waals surface area contributed by atoms with Crippen LogP contribution >= 0.6 is 0 Å². The summed E-state index contributed by atoms with van der Waals surface area (Å²) in [7, 11) is 4.95. The molecule has 0 unspecified atom stereocenters. The second kappa shape index (κ2) is 3.96. The normalized spacial score (nSPS) is 44.3. The highest BCUT2D eigenvalue weighted by molar-refractivity contribution is 5.03. The molecule has 0 aliphatic heterocycles. The van der Waals surface area contributed by atoms with Crippen molar-refractivity contribution in [2.45, 2.75) is 50.5 Å². The fourth-order valence-corrected chi connectivity index (χ4v) is 5.53. The minimum Gasteiger partial charge on any atom is -0.330 e. The molecule has 4 rings (SSSR count). The van der Waals surface area contributed by atoms with Gasteiger partial charge in [-0.3, -0.25) is 0 Å². The van der Waals surface area contributed by atoms with Gasteiger partial charge in [-0.1, -0.05) is 0 Å². The van der Waals surface area contributed by atoms with E-state index < -0.39 is 0 Å². The Morgan fingerprint density at radius 3 is 1.88 bits per heavy atom. The van der Waals surface area contributed by atoms with Gasteiger partial charge in [-0.15, -0.1) is 0 Å². The molecule has 0 heterocycles. The van der Waals surface area contributed by atoms with Crippen LogP contribution in [0.5, 0.6) is 0 Å². The Balaban J connectivity index is 1.81. The monoisotopic (exact) mass is 237 g/mol. The molecule has 2 heteroatoms. The molecule has 0 spiro atoms. The van der Waals surface area contributed by atoms with Gasteiger partial charge in [0.25, 0.3) is 0 Å². The first kappa shape index (κ1) is 12.0. The topological polar surface area (TPSA) is 26.0 Å². The van der Waals surface area contributed by atoms with Crippen molar-refractivity contribution in [2.24, 2.45) is 23.5 Å². The number of nitrogens with zero attached hydrogens (tertiary/aromatic N) is 1. The lowest BCUT2D eigenvalue weighted by Crippen LogP contribution is -2.67. The summed E-state index contributed by atoms with van der Waals surface area (Å²) in [6, 6.07) is 0. The van der Waals surface area contributed by atoms with Crippen molar-refractivity contribution in [3.63, 3.8) is 0 Å². The van der Waals surface area contributed by atoms with Crippen molar-refractivity contribution in [1.29, 1.82) is 0 Å². The molecule has 0 radical (unpaired) electrons. The van der Waals surface area contributed by atoms with E-state index in [0.29, 0.717) is 5.54 Å². The first-order valence-corrected chi connectivity index (χ1v) is 7.58. The summed E-state index contributed by atoms with van der Waals surface area (Å²) in [4.78, 5) is 0. The maximum atomic E-state index is 5.72. The predicted molar refractivity (Wildman–Crippen MR) is 71.5 cm³/mol. The lowest BCUT2D eigenvalue weighted by molar-refractivity contribution is -0.948. The highest BCUT2D eigenvalue weighted by Gasteiger charge is 2.58. The molecule has 4 aliphatic carbocycles. The predicted octanol–water partition coefficient (Wildman–Crippen LogP) is 2.38. The number of quaternary nitrogens is 1. The van der Waals surface area contributed by atoms with Gasteiger partial charge < -0.3 is 10.2 Å². The quantitative estimate of drug-likeness (QED) is 0.747. The molecular formula is C15H29N2+. The smallest absolute Gasteiger partial charge is 0.0996 e. The average Bonchev–Trinajstić information content (AvgIpc) is 2.24. The van der Waals surface area contributed by atoms with Crippen LogP contribution in [0.15, 0.2) is 0 Å². The minimum absolute atomic E-state index is 0.629. The summed E-state index contributed by atoms with van der Waals surface area (Å²) in [6.45, 7) is 2.14. The average molecular weight is 237 g/mol. The fourth-order valence-electron chi connectivity index (χ4n) is 5.53. The molecule has 0 aromatic rings. The van der Waals surface area contributed by atoms with Gasteiger partial charge in [0.1, 0.15) is 0 Å². The van der Waals surface area contributed by atoms with Crippen LogP contribution in [0.1, 0.15) is 44.9 Å². The second-order valence-electron chi connectivity index (χ2n) is 7.69. The summed E-state index contributed by atoms with van der Waals surface area (Å²) in [6.07, 6.45) is 10.4. The van der Waals surface area contributed by atoms with Gasteiger partial charge in [0.05, 0.1) is 26.2 Å². The van der Waals surface area contributed by atoms with Gasteiger partial charge in [0.15, 0.2) is 0 Å². The van der Waals surface area contributed by atoms with E-state index in [1.165, 1.54) is 36.7 Å². The first-order chi connectivity index (χ1) is 8.05. The Hall–Kier alpha value is -0.0800. The fraction of sp³-hybridized carbons (Fsp3) is 1.00. The molecular weight excluding hydrogens is 208 g/mol. The SMILES string of the molecule is C[N+](C)(CCCN)C12CC3CC(CC(C3)C1)C2. The van der Waals surface area contributed by atoms with Crippen LogP contribution in [-0.2, 0) is 0 Å². The Kier molecular flexibility index (Phi) is 2.79. The van der Waals surface area contributed by atoms with Crippen LogP contribution < -0.4 is 5.73 Å². The summed E-state index contributed by atoms with van der Waals surface area (Å²) < 4.78 is 1.24. The molecule has 0 amide bonds. The lowest BCUT2D eigenvalue weighted by Gasteiger charge is -2.62. The molecule has 98 valence electrons. The standard InChI is InChI=1S/C15H29N2/c1-17(2,5-3-4-16)15-9-12-6-13(10-15)8-14(7-12)11-15/h12-14H,3-11,16H2,1-2H3/q+1. The highest BCUT2D eigenvalue weighted by Crippen LogP contribution is 2.58. The molecule has 0 aromatic carbocycles. The van der Waals surface area contributed by atoms with Crippen LogP contribution in [0, 0.1) is 17.8 Å². The third-order valence-corrected chi connectivity index (χ3v) is 6.21. The van der Waals surface area contributed by atoms with Crippen LogP contribution in [-0.4, -0.2) is 37.2 Å². The van der Waals surface area contributed by atoms with Gasteiger partial charge in [-0.25, -0.2) is 0 Å². The summed E-state index contributed by atoms with van der Waals surface area (Å²) in [5, 5.41) is 0. The van der Waals surface area contributed by atoms with Crippen LogP contribution in [0.25, 0.3) is 0 Å². The van der Waals surface area contributed by atoms with Crippen molar-refractivity contribution >= 4 is 0 Å². The number of rotatable bonds is 4. The van der Waals surface area contributed by atoms with Crippen molar-refractivity contribution in [2.75, 3.05) is 27.2 Å². The Bertz CT molecular complexity index is 260. The van der Waals surface area contributed by atoms with Crippen molar-refractivity contribution in [1.82, 2.24) is 0 Å². The third-order valence-electron chi connectivity index (χ3n) is 6.21. The van der Waals surface area contributed by atoms with E-state index in [2.05, 4.69) is 14.1 Å². The molecule has 4 saturated carbocycles. The van der Waals surface area contributed by atoms with Crippen molar-refractivity contribution in [3.8, 4) is 0 Å². The summed E-state index contributed by atoms with van der Waals surface area (Å²) in [5.74, 6) is 3.20. The van der Waals surface area contributed by atoms with E-state index in [-0.39, 0.29) is 0 Å². The van der Waals surface area contributed by atoms with Gasteiger partial charge in [0.2, 0.25) is 0 Å². The van der Waals surface area contributed by atoms with Gasteiger partial charge in [0, 0.05) is 25.7 Å². The lowest BCUT2D eigenvalue weighted by atomic mass is 9.52. The molecule has 4 aliphatic rings. The van der Waals surface area contributed by atoms with E-state index in [4.69, 9.17) is 5.73 Å². The third kappa shape index (κ3) is 1.84. The maximum absolute atomic E-state index is 5.72. The van der Waals surface area contributed by atoms with Crippen molar-refractivity contribution < 1.29 is 4.48 Å². The second-order valence-corrected chi connectivity index (χ2v) is 7.69.